The number of nitrogens with zero attached hydrogens (tertiary/aromatic N) is 3. The van der Waals surface area contributed by atoms with Gasteiger partial charge in [-0.2, -0.15) is 0 Å². The lowest BCUT2D eigenvalue weighted by molar-refractivity contribution is 0.517. The van der Waals surface area contributed by atoms with Crippen LogP contribution >= 0.6 is 11.8 Å². The smallest absolute Gasteiger partial charge is 0.191 e. The van der Waals surface area contributed by atoms with Gasteiger partial charge in [0.2, 0.25) is 0 Å². The van der Waals surface area contributed by atoms with Crippen LogP contribution in [0.2, 0.25) is 0 Å². The Morgan fingerprint density at radius 2 is 2.15 bits per heavy atom. The molecule has 0 fully saturated rings. The Bertz CT molecular complexity index is 269. The van der Waals surface area contributed by atoms with E-state index in [1.54, 1.807) is 11.8 Å². The Balaban J connectivity index is 2.99. The molecule has 1 aromatic heterocycles. The summed E-state index contributed by atoms with van der Waals surface area (Å²) >= 11 is 1.63. The highest BCUT2D eigenvalue weighted by Gasteiger charge is 2.12. The van der Waals surface area contributed by atoms with Crippen LogP contribution in [0.4, 0.5) is 0 Å². The molecule has 1 aromatic rings. The van der Waals surface area contributed by atoms with E-state index in [1.165, 1.54) is 0 Å². The minimum Gasteiger partial charge on any atom is -0.313 e. The molecule has 1 heterocycles. The zero-order chi connectivity index (χ0) is 9.84. The van der Waals surface area contributed by atoms with Gasteiger partial charge in [0.1, 0.15) is 5.82 Å². The number of thioether (sulfide) groups is 1. The fourth-order valence-corrected chi connectivity index (χ4v) is 1.88. The van der Waals surface area contributed by atoms with Crippen LogP contribution < -0.4 is 5.32 Å². The summed E-state index contributed by atoms with van der Waals surface area (Å²) in [4.78, 5) is 0. The Labute approximate surface area is 83.1 Å². The molecule has 5 heteroatoms. The molecule has 0 saturated heterocycles. The molecule has 0 spiro atoms. The number of nitrogens with one attached hydrogen (secondary N) is 1. The van der Waals surface area contributed by atoms with Crippen LogP contribution in [0.3, 0.4) is 0 Å². The molecule has 0 saturated carbocycles. The van der Waals surface area contributed by atoms with Crippen molar-refractivity contribution in [3.05, 3.63) is 5.82 Å². The van der Waals surface area contributed by atoms with Crippen molar-refractivity contribution in [2.24, 2.45) is 0 Å². The zero-order valence-corrected chi connectivity index (χ0v) is 9.35. The van der Waals surface area contributed by atoms with Crippen LogP contribution in [-0.4, -0.2) is 28.1 Å². The first-order chi connectivity index (χ1) is 6.20. The average molecular weight is 200 g/mol. The summed E-state index contributed by atoms with van der Waals surface area (Å²) in [6, 6.07) is 0.417. The second kappa shape index (κ2) is 4.62. The minimum absolute atomic E-state index is 0.417. The molecule has 0 radical (unpaired) electrons. The molecule has 0 amide bonds. The monoisotopic (exact) mass is 200 g/mol. The van der Waals surface area contributed by atoms with E-state index < -0.39 is 0 Å². The largest absolute Gasteiger partial charge is 0.313 e. The molecule has 1 rings (SSSR count). The van der Waals surface area contributed by atoms with Crippen molar-refractivity contribution in [3.63, 3.8) is 0 Å². The van der Waals surface area contributed by atoms with Gasteiger partial charge in [0.05, 0.1) is 6.54 Å². The maximum absolute atomic E-state index is 4.13. The minimum atomic E-state index is 0.417. The molecule has 1 N–H and O–H groups in total. The van der Waals surface area contributed by atoms with Crippen LogP contribution in [-0.2, 0) is 6.54 Å². The average Bonchev–Trinajstić information content (AvgIpc) is 2.48. The van der Waals surface area contributed by atoms with Gasteiger partial charge < -0.3 is 9.88 Å². The molecule has 13 heavy (non-hydrogen) atoms. The molecule has 0 aliphatic carbocycles. The molecule has 0 bridgehead atoms. The Hall–Kier alpha value is -0.550. The van der Waals surface area contributed by atoms with Crippen molar-refractivity contribution in [1.29, 1.82) is 0 Å². The number of aromatic nitrogens is 3. The second-order valence-corrected chi connectivity index (χ2v) is 3.87. The van der Waals surface area contributed by atoms with E-state index in [0.29, 0.717) is 6.04 Å². The van der Waals surface area contributed by atoms with Crippen LogP contribution in [0.25, 0.3) is 0 Å². The van der Waals surface area contributed by atoms with Gasteiger partial charge in [-0.15, -0.1) is 10.2 Å². The van der Waals surface area contributed by atoms with E-state index in [2.05, 4.69) is 33.9 Å². The van der Waals surface area contributed by atoms with Crippen molar-refractivity contribution in [3.8, 4) is 0 Å². The molecule has 4 nitrogen and oxygen atoms in total. The maximum atomic E-state index is 4.13. The molecule has 0 aliphatic rings. The number of hydrogen-bond donors (Lipinski definition) is 1. The lowest BCUT2D eigenvalue weighted by Gasteiger charge is -2.12. The lowest BCUT2D eigenvalue weighted by atomic mass is 10.4. The van der Waals surface area contributed by atoms with Crippen LogP contribution in [0, 0.1) is 0 Å². The van der Waals surface area contributed by atoms with Gasteiger partial charge in [0.15, 0.2) is 5.16 Å². The van der Waals surface area contributed by atoms with E-state index in [9.17, 15) is 0 Å². The summed E-state index contributed by atoms with van der Waals surface area (Å²) in [7, 11) is 1.91. The molecule has 0 aromatic carbocycles. The molecule has 0 aliphatic heterocycles. The van der Waals surface area contributed by atoms with Crippen LogP contribution in [0.15, 0.2) is 5.16 Å². The van der Waals surface area contributed by atoms with E-state index in [1.807, 2.05) is 13.3 Å². The van der Waals surface area contributed by atoms with E-state index >= 15 is 0 Å². The summed E-state index contributed by atoms with van der Waals surface area (Å²) in [6.45, 7) is 5.05. The first kappa shape index (κ1) is 10.5. The summed E-state index contributed by atoms with van der Waals surface area (Å²) in [5.74, 6) is 1.00. The third kappa shape index (κ3) is 2.22. The fraction of sp³-hybridized carbons (Fsp3) is 0.750. The molecule has 74 valence electrons. The van der Waals surface area contributed by atoms with Crippen molar-refractivity contribution in [2.75, 3.05) is 13.3 Å². The first-order valence-electron chi connectivity index (χ1n) is 4.33. The van der Waals surface area contributed by atoms with Crippen molar-refractivity contribution in [1.82, 2.24) is 20.1 Å². The Morgan fingerprint density at radius 3 is 2.62 bits per heavy atom. The first-order valence-corrected chi connectivity index (χ1v) is 5.55. The van der Waals surface area contributed by atoms with Crippen molar-refractivity contribution in [2.45, 2.75) is 31.6 Å². The summed E-state index contributed by atoms with van der Waals surface area (Å²) in [5.41, 5.74) is 0. The lowest BCUT2D eigenvalue weighted by Crippen LogP contribution is -2.14. The van der Waals surface area contributed by atoms with E-state index in [4.69, 9.17) is 0 Å². The molecular formula is C8H16N4S. The standard InChI is InChI=1S/C8H16N4S/c1-6(2)12-7(5-9-3)10-11-8(12)13-4/h6,9H,5H2,1-4H3. The fourth-order valence-electron chi connectivity index (χ4n) is 1.24. The van der Waals surface area contributed by atoms with E-state index in [-0.39, 0.29) is 0 Å². The predicted octanol–water partition coefficient (Wildman–Crippen LogP) is 1.30. The third-order valence-electron chi connectivity index (χ3n) is 1.77. The third-order valence-corrected chi connectivity index (χ3v) is 2.41. The van der Waals surface area contributed by atoms with Gasteiger partial charge >= 0.3 is 0 Å². The van der Waals surface area contributed by atoms with Gasteiger partial charge in [-0.3, -0.25) is 0 Å². The van der Waals surface area contributed by atoms with Crippen LogP contribution in [0.5, 0.6) is 0 Å². The topological polar surface area (TPSA) is 42.7 Å². The van der Waals surface area contributed by atoms with Crippen molar-refractivity contribution >= 4 is 11.8 Å². The summed E-state index contributed by atoms with van der Waals surface area (Å²) < 4.78 is 2.15. The Morgan fingerprint density at radius 1 is 1.46 bits per heavy atom. The van der Waals surface area contributed by atoms with Crippen LogP contribution in [0.1, 0.15) is 25.7 Å². The van der Waals surface area contributed by atoms with Gasteiger partial charge in [0, 0.05) is 6.04 Å². The summed E-state index contributed by atoms with van der Waals surface area (Å²) in [6.07, 6.45) is 2.02. The SMILES string of the molecule is CNCc1nnc(SC)n1C(C)C. The highest BCUT2D eigenvalue weighted by atomic mass is 32.2. The van der Waals surface area contributed by atoms with Gasteiger partial charge in [0.25, 0.3) is 0 Å². The predicted molar refractivity (Wildman–Crippen MR) is 55.0 cm³/mol. The Kier molecular flexibility index (Phi) is 3.74. The highest BCUT2D eigenvalue weighted by molar-refractivity contribution is 7.98. The number of hydrogen-bond acceptors (Lipinski definition) is 4. The molecule has 0 atom stereocenters. The normalized spacial score (nSPS) is 11.2. The van der Waals surface area contributed by atoms with E-state index in [0.717, 1.165) is 17.5 Å². The molecule has 0 unspecified atom stereocenters. The van der Waals surface area contributed by atoms with Gasteiger partial charge in [-0.05, 0) is 27.2 Å². The maximum Gasteiger partial charge on any atom is 0.191 e. The van der Waals surface area contributed by atoms with Gasteiger partial charge in [-0.1, -0.05) is 11.8 Å². The molecular weight excluding hydrogens is 184 g/mol. The second-order valence-electron chi connectivity index (χ2n) is 3.10. The van der Waals surface area contributed by atoms with Crippen molar-refractivity contribution < 1.29 is 0 Å². The highest BCUT2D eigenvalue weighted by Crippen LogP contribution is 2.18. The number of rotatable bonds is 4. The van der Waals surface area contributed by atoms with Gasteiger partial charge in [-0.25, -0.2) is 0 Å². The zero-order valence-electron chi connectivity index (χ0n) is 8.53. The quantitative estimate of drug-likeness (QED) is 0.744. The summed E-state index contributed by atoms with van der Waals surface area (Å²) in [5, 5.41) is 12.3.